The van der Waals surface area contributed by atoms with E-state index in [-0.39, 0.29) is 24.8 Å². The number of piperazine rings is 1. The van der Waals surface area contributed by atoms with Crippen LogP contribution in [0.4, 0.5) is 5.82 Å². The number of anilines is 1. The van der Waals surface area contributed by atoms with E-state index in [2.05, 4.69) is 31.1 Å². The number of halogens is 3. The Morgan fingerprint density at radius 1 is 1.25 bits per heavy atom. The van der Waals surface area contributed by atoms with Gasteiger partial charge in [0.15, 0.2) is 0 Å². The van der Waals surface area contributed by atoms with Gasteiger partial charge in [-0.3, -0.25) is 4.79 Å². The third kappa shape index (κ3) is 5.76. The number of nitrogens with one attached hydrogen (secondary N) is 1. The van der Waals surface area contributed by atoms with Gasteiger partial charge in [-0.15, -0.1) is 24.8 Å². The molecule has 1 aromatic rings. The van der Waals surface area contributed by atoms with E-state index in [9.17, 15) is 4.79 Å². The molecule has 2 aliphatic rings. The molecule has 8 heteroatoms. The van der Waals surface area contributed by atoms with Crippen LogP contribution in [0.15, 0.2) is 22.8 Å². The molecule has 0 aliphatic carbocycles. The second-order valence-electron chi connectivity index (χ2n) is 6.10. The SMILES string of the molecule is Cl.Cl.O=C(CCC1CCNC1)N1CCN(c2ccc(Br)cn2)CC1. The van der Waals surface area contributed by atoms with Gasteiger partial charge in [0.1, 0.15) is 5.82 Å². The van der Waals surface area contributed by atoms with Crippen LogP contribution >= 0.6 is 40.7 Å². The van der Waals surface area contributed by atoms with Gasteiger partial charge in [0.25, 0.3) is 0 Å². The highest BCUT2D eigenvalue weighted by atomic mass is 79.9. The van der Waals surface area contributed by atoms with Crippen LogP contribution in [0.2, 0.25) is 0 Å². The Balaban J connectivity index is 0.00000144. The van der Waals surface area contributed by atoms with Gasteiger partial charge in [-0.25, -0.2) is 4.98 Å². The number of hydrogen-bond acceptors (Lipinski definition) is 4. The van der Waals surface area contributed by atoms with Crippen molar-refractivity contribution in [1.29, 1.82) is 0 Å². The fourth-order valence-electron chi connectivity index (χ4n) is 3.19. The van der Waals surface area contributed by atoms with E-state index in [1.165, 1.54) is 6.42 Å². The lowest BCUT2D eigenvalue weighted by Crippen LogP contribution is -2.49. The van der Waals surface area contributed by atoms with Crippen LogP contribution < -0.4 is 10.2 Å². The number of aromatic nitrogens is 1. The lowest BCUT2D eigenvalue weighted by Gasteiger charge is -2.35. The first-order valence-electron chi connectivity index (χ1n) is 8.07. The largest absolute Gasteiger partial charge is 0.353 e. The van der Waals surface area contributed by atoms with E-state index in [1.807, 2.05) is 23.2 Å². The Kier molecular flexibility index (Phi) is 9.34. The minimum absolute atomic E-state index is 0. The van der Waals surface area contributed by atoms with Gasteiger partial charge >= 0.3 is 0 Å². The van der Waals surface area contributed by atoms with Crippen LogP contribution in [0.25, 0.3) is 0 Å². The van der Waals surface area contributed by atoms with Crippen molar-refractivity contribution in [2.24, 2.45) is 5.92 Å². The summed E-state index contributed by atoms with van der Waals surface area (Å²) in [5.41, 5.74) is 0. The first-order valence-corrected chi connectivity index (χ1v) is 8.86. The number of amides is 1. The highest BCUT2D eigenvalue weighted by Crippen LogP contribution is 2.18. The highest BCUT2D eigenvalue weighted by Gasteiger charge is 2.23. The van der Waals surface area contributed by atoms with Crippen molar-refractivity contribution >= 4 is 52.5 Å². The molecule has 1 unspecified atom stereocenters. The van der Waals surface area contributed by atoms with Gasteiger partial charge in [-0.2, -0.15) is 0 Å². The van der Waals surface area contributed by atoms with Crippen molar-refractivity contribution in [3.8, 4) is 0 Å². The van der Waals surface area contributed by atoms with Crippen LogP contribution in [-0.4, -0.2) is 55.1 Å². The third-order valence-corrected chi connectivity index (χ3v) is 5.07. The minimum Gasteiger partial charge on any atom is -0.353 e. The molecule has 1 amide bonds. The maximum absolute atomic E-state index is 12.3. The summed E-state index contributed by atoms with van der Waals surface area (Å²) in [6, 6.07) is 4.03. The Morgan fingerprint density at radius 2 is 2.00 bits per heavy atom. The van der Waals surface area contributed by atoms with E-state index in [4.69, 9.17) is 0 Å². The number of pyridine rings is 1. The smallest absolute Gasteiger partial charge is 0.222 e. The fraction of sp³-hybridized carbons (Fsp3) is 0.625. The van der Waals surface area contributed by atoms with Crippen molar-refractivity contribution in [3.63, 3.8) is 0 Å². The molecule has 1 atom stereocenters. The Morgan fingerprint density at radius 3 is 2.58 bits per heavy atom. The van der Waals surface area contributed by atoms with Crippen molar-refractivity contribution in [2.75, 3.05) is 44.2 Å². The molecule has 0 spiro atoms. The first kappa shape index (κ1) is 21.5. The highest BCUT2D eigenvalue weighted by molar-refractivity contribution is 9.10. The van der Waals surface area contributed by atoms with Crippen molar-refractivity contribution in [2.45, 2.75) is 19.3 Å². The molecule has 3 rings (SSSR count). The molecule has 5 nitrogen and oxygen atoms in total. The molecule has 0 radical (unpaired) electrons. The number of hydrogen-bond donors (Lipinski definition) is 1. The Labute approximate surface area is 164 Å². The third-order valence-electron chi connectivity index (χ3n) is 4.60. The van der Waals surface area contributed by atoms with E-state index < -0.39 is 0 Å². The molecule has 1 aromatic heterocycles. The van der Waals surface area contributed by atoms with Crippen molar-refractivity contribution in [1.82, 2.24) is 15.2 Å². The molecule has 0 bridgehead atoms. The molecule has 3 heterocycles. The topological polar surface area (TPSA) is 48.5 Å². The molecule has 0 aromatic carbocycles. The Hall–Kier alpha value is -0.560. The van der Waals surface area contributed by atoms with Crippen LogP contribution in [-0.2, 0) is 4.79 Å². The number of carbonyl (C=O) groups is 1. The van der Waals surface area contributed by atoms with E-state index in [0.29, 0.717) is 18.2 Å². The predicted octanol–water partition coefficient (Wildman–Crippen LogP) is 2.73. The van der Waals surface area contributed by atoms with Crippen molar-refractivity contribution in [3.05, 3.63) is 22.8 Å². The van der Waals surface area contributed by atoms with Gasteiger partial charge in [0.2, 0.25) is 5.91 Å². The molecular weight excluding hydrogens is 415 g/mol. The maximum Gasteiger partial charge on any atom is 0.222 e. The summed E-state index contributed by atoms with van der Waals surface area (Å²) in [4.78, 5) is 21.0. The van der Waals surface area contributed by atoms with Crippen LogP contribution in [0.1, 0.15) is 19.3 Å². The van der Waals surface area contributed by atoms with E-state index >= 15 is 0 Å². The maximum atomic E-state index is 12.3. The number of rotatable bonds is 4. The number of carbonyl (C=O) groups excluding carboxylic acids is 1. The zero-order valence-electron chi connectivity index (χ0n) is 13.6. The first-order chi connectivity index (χ1) is 10.7. The van der Waals surface area contributed by atoms with Gasteiger partial charge in [-0.05, 0) is 59.9 Å². The second-order valence-corrected chi connectivity index (χ2v) is 7.02. The zero-order valence-corrected chi connectivity index (χ0v) is 16.8. The van der Waals surface area contributed by atoms with Gasteiger partial charge in [0.05, 0.1) is 0 Å². The zero-order chi connectivity index (χ0) is 15.4. The normalized spacial score (nSPS) is 20.3. The quantitative estimate of drug-likeness (QED) is 0.783. The summed E-state index contributed by atoms with van der Waals surface area (Å²) >= 11 is 3.40. The molecule has 2 saturated heterocycles. The molecule has 2 aliphatic heterocycles. The summed E-state index contributed by atoms with van der Waals surface area (Å²) in [7, 11) is 0. The van der Waals surface area contributed by atoms with Gasteiger partial charge < -0.3 is 15.1 Å². The summed E-state index contributed by atoms with van der Waals surface area (Å²) in [6.45, 7) is 5.53. The standard InChI is InChI=1S/C16H23BrN4O.2ClH/c17-14-2-3-15(19-12-14)20-7-9-21(10-8-20)16(22)4-1-13-5-6-18-11-13;;/h2-3,12-13,18H,1,4-11H2;2*1H. The summed E-state index contributed by atoms with van der Waals surface area (Å²) in [5.74, 6) is 2.00. The van der Waals surface area contributed by atoms with Crippen molar-refractivity contribution < 1.29 is 4.79 Å². The fourth-order valence-corrected chi connectivity index (χ4v) is 3.42. The molecule has 136 valence electrons. The average Bonchev–Trinajstić information content (AvgIpc) is 3.07. The van der Waals surface area contributed by atoms with Crippen LogP contribution in [0.3, 0.4) is 0 Å². The molecule has 0 saturated carbocycles. The molecule has 2 fully saturated rings. The lowest BCUT2D eigenvalue weighted by atomic mass is 10.0. The Bertz CT molecular complexity index is 503. The summed E-state index contributed by atoms with van der Waals surface area (Å²) in [5, 5.41) is 3.36. The van der Waals surface area contributed by atoms with Crippen LogP contribution in [0, 0.1) is 5.92 Å². The monoisotopic (exact) mass is 438 g/mol. The summed E-state index contributed by atoms with van der Waals surface area (Å²) < 4.78 is 0.992. The minimum atomic E-state index is 0. The molecule has 1 N–H and O–H groups in total. The average molecular weight is 440 g/mol. The predicted molar refractivity (Wildman–Crippen MR) is 105 cm³/mol. The lowest BCUT2D eigenvalue weighted by molar-refractivity contribution is -0.131. The van der Waals surface area contributed by atoms with E-state index in [1.54, 1.807) is 0 Å². The second kappa shape index (κ2) is 10.4. The van der Waals surface area contributed by atoms with Crippen LogP contribution in [0.5, 0.6) is 0 Å². The molecule has 24 heavy (non-hydrogen) atoms. The molecular formula is C16H25BrCl2N4O. The van der Waals surface area contributed by atoms with Gasteiger partial charge in [-0.1, -0.05) is 0 Å². The van der Waals surface area contributed by atoms with E-state index in [0.717, 1.165) is 56.0 Å². The number of nitrogens with zero attached hydrogens (tertiary/aromatic N) is 3. The van der Waals surface area contributed by atoms with Gasteiger partial charge in [0, 0.05) is 43.3 Å². The summed E-state index contributed by atoms with van der Waals surface area (Å²) in [6.07, 6.45) is 4.77.